The van der Waals surface area contributed by atoms with Gasteiger partial charge in [-0.2, -0.15) is 0 Å². The molecule has 22 heavy (non-hydrogen) atoms. The molecule has 2 rings (SSSR count). The first-order chi connectivity index (χ1) is 10.6. The lowest BCUT2D eigenvalue weighted by Gasteiger charge is -2.12. The van der Waals surface area contributed by atoms with E-state index in [0.29, 0.717) is 22.7 Å². The largest absolute Gasteiger partial charge is 0.497 e. The molecule has 6 heteroatoms. The highest BCUT2D eigenvalue weighted by molar-refractivity contribution is 6.08. The van der Waals surface area contributed by atoms with E-state index in [1.165, 1.54) is 14.2 Å². The summed E-state index contributed by atoms with van der Waals surface area (Å²) in [6, 6.07) is 12.8. The van der Waals surface area contributed by atoms with Gasteiger partial charge in [0, 0.05) is 11.6 Å². The van der Waals surface area contributed by atoms with Crippen molar-refractivity contribution in [2.75, 3.05) is 19.5 Å². The minimum absolute atomic E-state index is 0.402. The molecular formula is C16H16N2O4. The first-order valence-corrected chi connectivity index (χ1v) is 6.53. The van der Waals surface area contributed by atoms with E-state index in [1.54, 1.807) is 48.5 Å². The molecule has 0 unspecified atom stereocenters. The van der Waals surface area contributed by atoms with Gasteiger partial charge in [0.05, 0.1) is 19.9 Å². The molecule has 0 aliphatic heterocycles. The first kappa shape index (κ1) is 15.4. The number of nitrogens with one attached hydrogen (secondary N) is 2. The van der Waals surface area contributed by atoms with E-state index in [0.717, 1.165) is 0 Å². The van der Waals surface area contributed by atoms with Gasteiger partial charge in [-0.3, -0.25) is 10.1 Å². The van der Waals surface area contributed by atoms with Crippen LogP contribution in [0, 0.1) is 0 Å². The Labute approximate surface area is 128 Å². The van der Waals surface area contributed by atoms with Crippen molar-refractivity contribution in [3.05, 3.63) is 54.1 Å². The number of urea groups is 1. The van der Waals surface area contributed by atoms with Crippen LogP contribution in [0.15, 0.2) is 48.5 Å². The van der Waals surface area contributed by atoms with Crippen LogP contribution in [0.1, 0.15) is 10.4 Å². The fourth-order valence-corrected chi connectivity index (χ4v) is 1.82. The predicted octanol–water partition coefficient (Wildman–Crippen LogP) is 2.67. The quantitative estimate of drug-likeness (QED) is 0.910. The number of hydrogen-bond acceptors (Lipinski definition) is 4. The summed E-state index contributed by atoms with van der Waals surface area (Å²) < 4.78 is 10.2. The molecule has 0 atom stereocenters. The number of amides is 3. The minimum Gasteiger partial charge on any atom is -0.497 e. The molecular weight excluding hydrogens is 284 g/mol. The van der Waals surface area contributed by atoms with Crippen molar-refractivity contribution in [2.45, 2.75) is 0 Å². The van der Waals surface area contributed by atoms with Gasteiger partial charge in [0.25, 0.3) is 5.91 Å². The van der Waals surface area contributed by atoms with E-state index in [1.807, 2.05) is 0 Å². The third-order valence-corrected chi connectivity index (χ3v) is 2.92. The van der Waals surface area contributed by atoms with Crippen LogP contribution >= 0.6 is 0 Å². The van der Waals surface area contributed by atoms with Crippen LogP contribution in [0.4, 0.5) is 10.5 Å². The van der Waals surface area contributed by atoms with E-state index in [9.17, 15) is 9.59 Å². The molecule has 0 radical (unpaired) electrons. The van der Waals surface area contributed by atoms with E-state index in [2.05, 4.69) is 10.6 Å². The molecule has 6 nitrogen and oxygen atoms in total. The lowest BCUT2D eigenvalue weighted by Crippen LogP contribution is -2.34. The summed E-state index contributed by atoms with van der Waals surface area (Å²) in [5.41, 5.74) is 0.834. The number of benzene rings is 2. The summed E-state index contributed by atoms with van der Waals surface area (Å²) in [6.07, 6.45) is 0. The van der Waals surface area contributed by atoms with Crippen LogP contribution in [0.25, 0.3) is 0 Å². The van der Waals surface area contributed by atoms with Crippen molar-refractivity contribution in [3.63, 3.8) is 0 Å². The van der Waals surface area contributed by atoms with Gasteiger partial charge in [-0.15, -0.1) is 0 Å². The van der Waals surface area contributed by atoms with E-state index in [-0.39, 0.29) is 0 Å². The van der Waals surface area contributed by atoms with Crippen LogP contribution in [0.3, 0.4) is 0 Å². The summed E-state index contributed by atoms with van der Waals surface area (Å²) in [6.45, 7) is 0. The Morgan fingerprint density at radius 1 is 0.955 bits per heavy atom. The number of ether oxygens (including phenoxy) is 2. The molecule has 0 saturated carbocycles. The second kappa shape index (κ2) is 7.12. The lowest BCUT2D eigenvalue weighted by molar-refractivity contribution is 0.0967. The zero-order chi connectivity index (χ0) is 15.9. The zero-order valence-corrected chi connectivity index (χ0v) is 12.3. The van der Waals surface area contributed by atoms with Gasteiger partial charge >= 0.3 is 6.03 Å². The number of imide groups is 1. The maximum absolute atomic E-state index is 11.9. The fourth-order valence-electron chi connectivity index (χ4n) is 1.82. The normalized spacial score (nSPS) is 9.73. The Hall–Kier alpha value is -3.02. The maximum atomic E-state index is 11.9. The standard InChI is InChI=1S/C16H16N2O4/c1-21-12-8-9-13(14(10-12)22-2)17-16(20)18-15(19)11-6-4-3-5-7-11/h3-10H,1-2H3,(H2,17,18,19,20). The highest BCUT2D eigenvalue weighted by Crippen LogP contribution is 2.28. The second-order valence-electron chi connectivity index (χ2n) is 4.34. The fraction of sp³-hybridized carbons (Fsp3) is 0.125. The number of hydrogen-bond donors (Lipinski definition) is 2. The molecule has 0 aliphatic carbocycles. The molecule has 0 bridgehead atoms. The van der Waals surface area contributed by atoms with Gasteiger partial charge in [0.1, 0.15) is 11.5 Å². The summed E-state index contributed by atoms with van der Waals surface area (Å²) in [5, 5.41) is 4.81. The van der Waals surface area contributed by atoms with Crippen molar-refractivity contribution < 1.29 is 19.1 Å². The molecule has 0 aliphatic rings. The third kappa shape index (κ3) is 3.76. The first-order valence-electron chi connectivity index (χ1n) is 6.53. The summed E-state index contributed by atoms with van der Waals surface area (Å²) >= 11 is 0. The number of methoxy groups -OCH3 is 2. The van der Waals surface area contributed by atoms with E-state index in [4.69, 9.17) is 9.47 Å². The van der Waals surface area contributed by atoms with Crippen molar-refractivity contribution in [1.82, 2.24) is 5.32 Å². The van der Waals surface area contributed by atoms with Crippen molar-refractivity contribution >= 4 is 17.6 Å². The summed E-state index contributed by atoms with van der Waals surface area (Å²) in [5.74, 6) is 0.551. The van der Waals surface area contributed by atoms with Gasteiger partial charge in [-0.1, -0.05) is 18.2 Å². The van der Waals surface area contributed by atoms with E-state index < -0.39 is 11.9 Å². The molecule has 114 valence electrons. The van der Waals surface area contributed by atoms with Crippen molar-refractivity contribution in [1.29, 1.82) is 0 Å². The van der Waals surface area contributed by atoms with Gasteiger partial charge < -0.3 is 14.8 Å². The van der Waals surface area contributed by atoms with Gasteiger partial charge in [-0.05, 0) is 24.3 Å². The average Bonchev–Trinajstić information content (AvgIpc) is 2.55. The maximum Gasteiger partial charge on any atom is 0.326 e. The van der Waals surface area contributed by atoms with Gasteiger partial charge in [-0.25, -0.2) is 4.79 Å². The predicted molar refractivity (Wildman–Crippen MR) is 82.5 cm³/mol. The molecule has 2 aromatic rings. The monoisotopic (exact) mass is 300 g/mol. The highest BCUT2D eigenvalue weighted by Gasteiger charge is 2.12. The molecule has 2 N–H and O–H groups in total. The Kier molecular flexibility index (Phi) is 4.98. The molecule has 0 saturated heterocycles. The van der Waals surface area contributed by atoms with Crippen LogP contribution in [-0.4, -0.2) is 26.2 Å². The molecule has 0 fully saturated rings. The minimum atomic E-state index is -0.641. The van der Waals surface area contributed by atoms with Crippen LogP contribution in [0.2, 0.25) is 0 Å². The van der Waals surface area contributed by atoms with Crippen LogP contribution in [0.5, 0.6) is 11.5 Å². The second-order valence-corrected chi connectivity index (χ2v) is 4.34. The zero-order valence-electron chi connectivity index (χ0n) is 12.3. The average molecular weight is 300 g/mol. The number of carbonyl (C=O) groups excluding carboxylic acids is 2. The summed E-state index contributed by atoms with van der Waals surface area (Å²) in [4.78, 5) is 23.8. The SMILES string of the molecule is COc1ccc(NC(=O)NC(=O)c2ccccc2)c(OC)c1. The Morgan fingerprint density at radius 2 is 1.68 bits per heavy atom. The van der Waals surface area contributed by atoms with Gasteiger partial charge in [0.15, 0.2) is 0 Å². The topological polar surface area (TPSA) is 76.7 Å². The Balaban J connectivity index is 2.05. The summed E-state index contributed by atoms with van der Waals surface area (Å²) in [7, 11) is 3.01. The smallest absolute Gasteiger partial charge is 0.326 e. The highest BCUT2D eigenvalue weighted by atomic mass is 16.5. The third-order valence-electron chi connectivity index (χ3n) is 2.92. The van der Waals surface area contributed by atoms with Gasteiger partial charge in [0.2, 0.25) is 0 Å². The molecule has 2 aromatic carbocycles. The number of rotatable bonds is 4. The van der Waals surface area contributed by atoms with E-state index >= 15 is 0 Å². The Bertz CT molecular complexity index is 671. The molecule has 0 aromatic heterocycles. The lowest BCUT2D eigenvalue weighted by atomic mass is 10.2. The molecule has 0 spiro atoms. The van der Waals surface area contributed by atoms with Crippen LogP contribution in [-0.2, 0) is 0 Å². The van der Waals surface area contributed by atoms with Crippen molar-refractivity contribution in [2.24, 2.45) is 0 Å². The Morgan fingerprint density at radius 3 is 2.32 bits per heavy atom. The van der Waals surface area contributed by atoms with Crippen molar-refractivity contribution in [3.8, 4) is 11.5 Å². The van der Waals surface area contributed by atoms with Crippen LogP contribution < -0.4 is 20.1 Å². The molecule has 0 heterocycles. The molecule has 3 amide bonds. The number of carbonyl (C=O) groups is 2. The number of anilines is 1.